The molecule has 0 unspecified atom stereocenters. The van der Waals surface area contributed by atoms with Gasteiger partial charge in [-0.3, -0.25) is 9.48 Å². The number of hydrogen-bond acceptors (Lipinski definition) is 3. The van der Waals surface area contributed by atoms with Crippen molar-refractivity contribution in [2.45, 2.75) is 25.4 Å². The lowest BCUT2D eigenvalue weighted by Crippen LogP contribution is -2.45. The van der Waals surface area contributed by atoms with Gasteiger partial charge in [-0.2, -0.15) is 5.10 Å². The molecule has 0 radical (unpaired) electrons. The molecule has 6 heteroatoms. The van der Waals surface area contributed by atoms with Crippen molar-refractivity contribution in [1.82, 2.24) is 19.2 Å². The zero-order valence-electron chi connectivity index (χ0n) is 12.4. The van der Waals surface area contributed by atoms with Gasteiger partial charge < -0.3 is 14.6 Å². The van der Waals surface area contributed by atoms with Gasteiger partial charge in [-0.1, -0.05) is 0 Å². The van der Waals surface area contributed by atoms with Crippen LogP contribution in [0.15, 0.2) is 30.7 Å². The van der Waals surface area contributed by atoms with E-state index in [0.717, 1.165) is 5.82 Å². The van der Waals surface area contributed by atoms with Crippen LogP contribution in [-0.2, 0) is 7.05 Å². The number of amides is 1. The number of nitrogens with zero attached hydrogens (tertiary/aromatic N) is 4. The number of aromatic nitrogens is 3. The Hall–Kier alpha value is -2.08. The summed E-state index contributed by atoms with van der Waals surface area (Å²) >= 11 is 0. The number of carbonyl (C=O) groups excluding carboxylic acids is 1. The minimum absolute atomic E-state index is 0.0256. The summed E-state index contributed by atoms with van der Waals surface area (Å²) in [5.41, 5.74) is -0.0649. The van der Waals surface area contributed by atoms with Crippen LogP contribution in [0.4, 0.5) is 0 Å². The van der Waals surface area contributed by atoms with E-state index >= 15 is 0 Å². The first-order valence-corrected chi connectivity index (χ1v) is 7.15. The fourth-order valence-corrected chi connectivity index (χ4v) is 2.73. The topological polar surface area (TPSA) is 63.3 Å². The molecule has 1 fully saturated rings. The molecule has 1 aliphatic rings. The summed E-state index contributed by atoms with van der Waals surface area (Å²) in [6, 6.07) is 3.83. The Kier molecular flexibility index (Phi) is 3.33. The van der Waals surface area contributed by atoms with Gasteiger partial charge in [0.1, 0.15) is 11.4 Å². The molecule has 1 amide bonds. The fourth-order valence-electron chi connectivity index (χ4n) is 2.73. The number of aliphatic hydroxyl groups is 1. The molecule has 3 rings (SSSR count). The lowest BCUT2D eigenvalue weighted by Gasteiger charge is -2.35. The second kappa shape index (κ2) is 5.04. The van der Waals surface area contributed by atoms with Gasteiger partial charge in [-0.25, -0.2) is 0 Å². The first kappa shape index (κ1) is 13.9. The molecule has 2 aromatic heterocycles. The van der Waals surface area contributed by atoms with Gasteiger partial charge in [0.25, 0.3) is 5.91 Å². The number of aryl methyl sites for hydroxylation is 1. The molecule has 1 N–H and O–H groups in total. The highest BCUT2D eigenvalue weighted by Crippen LogP contribution is 2.24. The van der Waals surface area contributed by atoms with E-state index in [1.165, 1.54) is 0 Å². The number of likely N-dealkylation sites (tertiary alicyclic amines) is 1. The lowest BCUT2D eigenvalue weighted by atomic mass is 9.93. The highest BCUT2D eigenvalue weighted by molar-refractivity contribution is 5.97. The van der Waals surface area contributed by atoms with E-state index in [2.05, 4.69) is 5.10 Å². The molecule has 0 bridgehead atoms. The third-order valence-corrected chi connectivity index (χ3v) is 4.11. The van der Waals surface area contributed by atoms with Crippen molar-refractivity contribution in [2.75, 3.05) is 13.1 Å². The van der Waals surface area contributed by atoms with Gasteiger partial charge in [-0.05, 0) is 31.9 Å². The molecule has 0 aromatic carbocycles. The maximum atomic E-state index is 12.7. The van der Waals surface area contributed by atoms with Crippen molar-refractivity contribution < 1.29 is 9.90 Å². The SMILES string of the molecule is Cn1ncc(C(=O)N2CCC(C)(O)CC2)c1-n1cccc1. The molecule has 1 saturated heterocycles. The molecule has 0 saturated carbocycles. The van der Waals surface area contributed by atoms with Gasteiger partial charge in [0, 0.05) is 32.5 Å². The average Bonchev–Trinajstić information content (AvgIpc) is 3.06. The molecule has 6 nitrogen and oxygen atoms in total. The van der Waals surface area contributed by atoms with Crippen LogP contribution in [-0.4, -0.2) is 49.0 Å². The number of rotatable bonds is 2. The van der Waals surface area contributed by atoms with Gasteiger partial charge in [0.05, 0.1) is 11.8 Å². The van der Waals surface area contributed by atoms with E-state index in [-0.39, 0.29) is 5.91 Å². The van der Waals surface area contributed by atoms with Gasteiger partial charge in [0.15, 0.2) is 0 Å². The Morgan fingerprint density at radius 2 is 1.90 bits per heavy atom. The normalized spacial score (nSPS) is 18.0. The maximum absolute atomic E-state index is 12.7. The molecule has 1 aliphatic heterocycles. The molecule has 21 heavy (non-hydrogen) atoms. The molecule has 0 aliphatic carbocycles. The van der Waals surface area contributed by atoms with E-state index in [1.54, 1.807) is 15.8 Å². The van der Waals surface area contributed by atoms with E-state index in [9.17, 15) is 9.90 Å². The summed E-state index contributed by atoms with van der Waals surface area (Å²) < 4.78 is 3.59. The third-order valence-electron chi connectivity index (χ3n) is 4.11. The molecule has 112 valence electrons. The van der Waals surface area contributed by atoms with Crippen LogP contribution in [0.1, 0.15) is 30.1 Å². The standard InChI is InChI=1S/C15H20N4O2/c1-15(21)5-9-19(10-6-15)14(20)12-11-16-17(2)13(12)18-7-3-4-8-18/h3-4,7-8,11,21H,5-6,9-10H2,1-2H3. The Bertz CT molecular complexity index is 633. The largest absolute Gasteiger partial charge is 0.390 e. The van der Waals surface area contributed by atoms with E-state index in [4.69, 9.17) is 0 Å². The minimum atomic E-state index is -0.658. The summed E-state index contributed by atoms with van der Waals surface area (Å²) in [5, 5.41) is 14.2. The van der Waals surface area contributed by atoms with Crippen molar-refractivity contribution in [2.24, 2.45) is 7.05 Å². The van der Waals surface area contributed by atoms with E-state index < -0.39 is 5.60 Å². The minimum Gasteiger partial charge on any atom is -0.390 e. The zero-order chi connectivity index (χ0) is 15.0. The van der Waals surface area contributed by atoms with Crippen LogP contribution < -0.4 is 0 Å². The molecule has 0 atom stereocenters. The van der Waals surface area contributed by atoms with E-state index in [1.807, 2.05) is 43.1 Å². The predicted octanol–water partition coefficient (Wildman–Crippen LogP) is 1.20. The van der Waals surface area contributed by atoms with Crippen LogP contribution in [0.5, 0.6) is 0 Å². The van der Waals surface area contributed by atoms with Gasteiger partial charge in [0.2, 0.25) is 0 Å². The quantitative estimate of drug-likeness (QED) is 0.903. The van der Waals surface area contributed by atoms with Crippen LogP contribution >= 0.6 is 0 Å². The van der Waals surface area contributed by atoms with Crippen molar-refractivity contribution in [3.05, 3.63) is 36.3 Å². The summed E-state index contributed by atoms with van der Waals surface area (Å²) in [6.45, 7) is 2.97. The first-order valence-electron chi connectivity index (χ1n) is 7.15. The second-order valence-electron chi connectivity index (χ2n) is 5.88. The molecular weight excluding hydrogens is 268 g/mol. The summed E-state index contributed by atoms with van der Waals surface area (Å²) in [5.74, 6) is 0.740. The maximum Gasteiger partial charge on any atom is 0.259 e. The number of hydrogen-bond donors (Lipinski definition) is 1. The van der Waals surface area contributed by atoms with Crippen molar-refractivity contribution in [1.29, 1.82) is 0 Å². The fraction of sp³-hybridized carbons (Fsp3) is 0.467. The van der Waals surface area contributed by atoms with Crippen LogP contribution in [0, 0.1) is 0 Å². The Labute approximate surface area is 123 Å². The average molecular weight is 288 g/mol. The number of carbonyl (C=O) groups is 1. The predicted molar refractivity (Wildman–Crippen MR) is 78.3 cm³/mol. The van der Waals surface area contributed by atoms with Gasteiger partial charge in [-0.15, -0.1) is 0 Å². The van der Waals surface area contributed by atoms with Crippen molar-refractivity contribution in [3.63, 3.8) is 0 Å². The lowest BCUT2D eigenvalue weighted by molar-refractivity contribution is -0.00202. The zero-order valence-corrected chi connectivity index (χ0v) is 12.4. The molecule has 2 aromatic rings. The third kappa shape index (κ3) is 2.58. The summed E-state index contributed by atoms with van der Waals surface area (Å²) in [4.78, 5) is 14.5. The monoisotopic (exact) mass is 288 g/mol. The molecule has 0 spiro atoms. The first-order chi connectivity index (χ1) is 9.98. The Balaban J connectivity index is 1.87. The summed E-state index contributed by atoms with van der Waals surface area (Å²) in [6.07, 6.45) is 6.63. The van der Waals surface area contributed by atoms with Crippen LogP contribution in [0.2, 0.25) is 0 Å². The van der Waals surface area contributed by atoms with Crippen molar-refractivity contribution in [3.8, 4) is 5.82 Å². The number of piperidine rings is 1. The van der Waals surface area contributed by atoms with Crippen LogP contribution in [0.25, 0.3) is 5.82 Å². The van der Waals surface area contributed by atoms with Gasteiger partial charge >= 0.3 is 0 Å². The Morgan fingerprint density at radius 1 is 1.29 bits per heavy atom. The summed E-state index contributed by atoms with van der Waals surface area (Å²) in [7, 11) is 1.83. The molecule has 3 heterocycles. The smallest absolute Gasteiger partial charge is 0.259 e. The highest BCUT2D eigenvalue weighted by atomic mass is 16.3. The molecular formula is C15H20N4O2. The highest BCUT2D eigenvalue weighted by Gasteiger charge is 2.31. The second-order valence-corrected chi connectivity index (χ2v) is 5.88. The van der Waals surface area contributed by atoms with Crippen LogP contribution in [0.3, 0.4) is 0 Å². The van der Waals surface area contributed by atoms with Crippen molar-refractivity contribution >= 4 is 5.91 Å². The Morgan fingerprint density at radius 3 is 2.52 bits per heavy atom. The van der Waals surface area contributed by atoms with E-state index in [0.29, 0.717) is 31.5 Å².